The quantitative estimate of drug-likeness (QED) is 0.388. The van der Waals surface area contributed by atoms with Gasteiger partial charge in [-0.3, -0.25) is 15.1 Å². The van der Waals surface area contributed by atoms with Crippen molar-refractivity contribution in [3.63, 3.8) is 0 Å². The van der Waals surface area contributed by atoms with Gasteiger partial charge in [-0.1, -0.05) is 11.6 Å². The summed E-state index contributed by atoms with van der Waals surface area (Å²) in [7, 11) is -2.26. The molecule has 0 bridgehead atoms. The van der Waals surface area contributed by atoms with Crippen LogP contribution in [0.5, 0.6) is 5.75 Å². The predicted molar refractivity (Wildman–Crippen MR) is 128 cm³/mol. The van der Waals surface area contributed by atoms with Crippen LogP contribution in [0.25, 0.3) is 11.3 Å². The second-order valence-corrected chi connectivity index (χ2v) is 10.2. The molecular formula is C23H18ClN3O4S2. The van der Waals surface area contributed by atoms with Gasteiger partial charge in [-0.15, -0.1) is 11.3 Å². The number of pyridine rings is 1. The van der Waals surface area contributed by atoms with Gasteiger partial charge in [0.1, 0.15) is 5.75 Å². The number of halogens is 1. The maximum absolute atomic E-state index is 13.1. The lowest BCUT2D eigenvalue weighted by atomic mass is 10.1. The number of methoxy groups -OCH3 is 1. The van der Waals surface area contributed by atoms with E-state index in [4.69, 9.17) is 16.3 Å². The molecule has 0 saturated heterocycles. The highest BCUT2D eigenvalue weighted by molar-refractivity contribution is 7.91. The zero-order chi connectivity index (χ0) is 23.6. The molecule has 168 valence electrons. The third kappa shape index (κ3) is 4.75. The van der Waals surface area contributed by atoms with E-state index < -0.39 is 9.84 Å². The van der Waals surface area contributed by atoms with Crippen LogP contribution in [0.15, 0.2) is 76.1 Å². The van der Waals surface area contributed by atoms with Crippen molar-refractivity contribution in [2.24, 2.45) is 0 Å². The Morgan fingerprint density at radius 2 is 1.76 bits per heavy atom. The number of hydrogen-bond acceptors (Lipinski definition) is 7. The molecule has 0 spiro atoms. The van der Waals surface area contributed by atoms with Crippen LogP contribution in [0.1, 0.15) is 15.9 Å². The molecule has 2 aromatic carbocycles. The highest BCUT2D eigenvalue weighted by atomic mass is 35.5. The molecule has 2 heterocycles. The van der Waals surface area contributed by atoms with Crippen molar-refractivity contribution in [1.82, 2.24) is 9.97 Å². The molecule has 1 amide bonds. The number of aromatic nitrogens is 2. The zero-order valence-electron chi connectivity index (χ0n) is 17.6. The molecule has 0 fully saturated rings. The first kappa shape index (κ1) is 22.9. The van der Waals surface area contributed by atoms with E-state index in [2.05, 4.69) is 15.3 Å². The zero-order valence-corrected chi connectivity index (χ0v) is 20.0. The number of carbonyl (C=O) groups excluding carboxylic acids is 1. The Labute approximate surface area is 200 Å². The van der Waals surface area contributed by atoms with Crippen molar-refractivity contribution in [2.75, 3.05) is 12.4 Å². The maximum Gasteiger partial charge on any atom is 0.257 e. The summed E-state index contributed by atoms with van der Waals surface area (Å²) in [6, 6.07) is 12.3. The Morgan fingerprint density at radius 1 is 1.06 bits per heavy atom. The van der Waals surface area contributed by atoms with Crippen LogP contribution in [-0.4, -0.2) is 31.4 Å². The lowest BCUT2D eigenvalue weighted by molar-refractivity contribution is 0.102. The van der Waals surface area contributed by atoms with Crippen LogP contribution < -0.4 is 10.1 Å². The van der Waals surface area contributed by atoms with E-state index >= 15 is 0 Å². The largest absolute Gasteiger partial charge is 0.497 e. The second-order valence-electron chi connectivity index (χ2n) is 7.00. The van der Waals surface area contributed by atoms with Gasteiger partial charge in [0.15, 0.2) is 5.13 Å². The van der Waals surface area contributed by atoms with E-state index in [1.54, 1.807) is 42.6 Å². The fraction of sp³-hybridized carbons (Fsp3) is 0.0870. The number of anilines is 1. The average Bonchev–Trinajstić information content (AvgIpc) is 3.27. The molecule has 10 heteroatoms. The van der Waals surface area contributed by atoms with Crippen LogP contribution in [0, 0.1) is 6.92 Å². The number of ether oxygens (including phenoxy) is 1. The summed E-state index contributed by atoms with van der Waals surface area (Å²) in [6.07, 6.45) is 3.07. The number of carbonyl (C=O) groups is 1. The first-order chi connectivity index (χ1) is 15.8. The maximum atomic E-state index is 13.1. The third-order valence-corrected chi connectivity index (χ3v) is 7.67. The summed E-state index contributed by atoms with van der Waals surface area (Å²) in [5, 5.41) is 5.15. The van der Waals surface area contributed by atoms with Gasteiger partial charge in [0.25, 0.3) is 5.91 Å². The summed E-state index contributed by atoms with van der Waals surface area (Å²) in [5.41, 5.74) is 2.25. The first-order valence-corrected chi connectivity index (χ1v) is 12.4. The number of benzene rings is 2. The van der Waals surface area contributed by atoms with Gasteiger partial charge in [-0.25, -0.2) is 13.4 Å². The average molecular weight is 500 g/mol. The molecule has 0 aliphatic heterocycles. The summed E-state index contributed by atoms with van der Waals surface area (Å²) < 4.78 is 31.3. The fourth-order valence-corrected chi connectivity index (χ4v) is 5.70. The molecule has 4 aromatic rings. The summed E-state index contributed by atoms with van der Waals surface area (Å²) in [6.45, 7) is 1.77. The fourth-order valence-electron chi connectivity index (χ4n) is 3.20. The molecular weight excluding hydrogens is 482 g/mol. The van der Waals surface area contributed by atoms with Crippen molar-refractivity contribution < 1.29 is 17.9 Å². The number of hydrogen-bond donors (Lipinski definition) is 1. The highest BCUT2D eigenvalue weighted by Crippen LogP contribution is 2.36. The van der Waals surface area contributed by atoms with Crippen LogP contribution in [0.2, 0.25) is 5.02 Å². The van der Waals surface area contributed by atoms with Gasteiger partial charge in [-0.2, -0.15) is 0 Å². The number of amides is 1. The summed E-state index contributed by atoms with van der Waals surface area (Å²) in [5.74, 6) is 0.260. The summed E-state index contributed by atoms with van der Waals surface area (Å²) in [4.78, 5) is 20.9. The van der Waals surface area contributed by atoms with Gasteiger partial charge in [-0.05, 0) is 61.0 Å². The highest BCUT2D eigenvalue weighted by Gasteiger charge is 2.22. The van der Waals surface area contributed by atoms with Gasteiger partial charge < -0.3 is 4.74 Å². The van der Waals surface area contributed by atoms with E-state index in [9.17, 15) is 13.2 Å². The number of aryl methyl sites for hydroxylation is 1. The predicted octanol–water partition coefficient (Wildman–Crippen LogP) is 5.26. The number of nitrogens with zero attached hydrogens (tertiary/aromatic N) is 2. The molecule has 0 unspecified atom stereocenters. The molecule has 1 N–H and O–H groups in total. The number of sulfone groups is 1. The Kier molecular flexibility index (Phi) is 6.46. The van der Waals surface area contributed by atoms with Crippen molar-refractivity contribution in [3.05, 3.63) is 82.5 Å². The number of rotatable bonds is 6. The van der Waals surface area contributed by atoms with Crippen LogP contribution in [0.4, 0.5) is 5.13 Å². The van der Waals surface area contributed by atoms with E-state index in [0.29, 0.717) is 33.3 Å². The number of thiazole rings is 1. The monoisotopic (exact) mass is 499 g/mol. The lowest BCUT2D eigenvalue weighted by Gasteiger charge is -2.11. The number of nitrogens with one attached hydrogen (secondary N) is 1. The van der Waals surface area contributed by atoms with Crippen molar-refractivity contribution in [3.8, 4) is 17.0 Å². The Bertz CT molecular complexity index is 1400. The van der Waals surface area contributed by atoms with Gasteiger partial charge in [0.05, 0.1) is 27.6 Å². The van der Waals surface area contributed by atoms with Gasteiger partial charge >= 0.3 is 0 Å². The normalized spacial score (nSPS) is 11.2. The Balaban J connectivity index is 1.62. The van der Waals surface area contributed by atoms with Crippen LogP contribution in [-0.2, 0) is 9.84 Å². The van der Waals surface area contributed by atoms with Gasteiger partial charge in [0, 0.05) is 28.9 Å². The Hall–Kier alpha value is -3.27. The van der Waals surface area contributed by atoms with Crippen LogP contribution >= 0.6 is 22.9 Å². The minimum absolute atomic E-state index is 0.0837. The minimum atomic E-state index is -3.77. The lowest BCUT2D eigenvalue weighted by Crippen LogP contribution is -2.11. The standard InChI is InChI=1S/C23H18ClN3O4S2/c1-14-11-18(33(29,30)17-5-3-16(31-2)4-6-17)12-19(24)21(14)20-13-32-23(26-20)27-22(28)15-7-9-25-10-8-15/h3-13H,1-2H3,(H,26,27,28). The molecule has 0 saturated carbocycles. The Morgan fingerprint density at radius 3 is 2.39 bits per heavy atom. The van der Waals surface area contributed by atoms with E-state index in [1.807, 2.05) is 0 Å². The topological polar surface area (TPSA) is 98.2 Å². The molecule has 0 aliphatic rings. The molecule has 0 atom stereocenters. The summed E-state index contributed by atoms with van der Waals surface area (Å²) >= 11 is 7.75. The van der Waals surface area contributed by atoms with Crippen molar-refractivity contribution in [1.29, 1.82) is 0 Å². The smallest absolute Gasteiger partial charge is 0.257 e. The van der Waals surface area contributed by atoms with E-state index in [-0.39, 0.29) is 20.7 Å². The van der Waals surface area contributed by atoms with Gasteiger partial charge in [0.2, 0.25) is 9.84 Å². The third-order valence-electron chi connectivity index (χ3n) is 4.86. The van der Waals surface area contributed by atoms with E-state index in [1.165, 1.54) is 49.0 Å². The molecule has 4 rings (SSSR count). The SMILES string of the molecule is COc1ccc(S(=O)(=O)c2cc(C)c(-c3csc(NC(=O)c4ccncc4)n3)c(Cl)c2)cc1. The molecule has 0 aliphatic carbocycles. The second kappa shape index (κ2) is 9.30. The molecule has 7 nitrogen and oxygen atoms in total. The minimum Gasteiger partial charge on any atom is -0.497 e. The van der Waals surface area contributed by atoms with Crippen molar-refractivity contribution >= 4 is 43.8 Å². The van der Waals surface area contributed by atoms with Crippen molar-refractivity contribution in [2.45, 2.75) is 16.7 Å². The molecule has 2 aromatic heterocycles. The first-order valence-electron chi connectivity index (χ1n) is 9.66. The molecule has 33 heavy (non-hydrogen) atoms. The van der Waals surface area contributed by atoms with E-state index in [0.717, 1.165) is 0 Å². The van der Waals surface area contributed by atoms with Crippen LogP contribution in [0.3, 0.4) is 0 Å². The molecule has 0 radical (unpaired) electrons.